The number of unbranched alkanes of at least 4 members (excludes halogenated alkanes) is 45. The number of allylic oxidation sites excluding steroid dienone is 5. The van der Waals surface area contributed by atoms with Crippen molar-refractivity contribution >= 4 is 11.9 Å². The maximum absolute atomic E-state index is 12.5. The number of aliphatic hydroxyl groups excluding tert-OH is 2. The molecule has 0 aromatic rings. The van der Waals surface area contributed by atoms with Crippen LogP contribution in [0.5, 0.6) is 0 Å². The molecule has 6 nitrogen and oxygen atoms in total. The molecule has 0 aliphatic heterocycles. The Hall–Kier alpha value is -1.92. The lowest BCUT2D eigenvalue weighted by atomic mass is 10.0. The zero-order valence-corrected chi connectivity index (χ0v) is 48.4. The first-order valence-electron chi connectivity index (χ1n) is 32.3. The Bertz CT molecular complexity index is 1170. The van der Waals surface area contributed by atoms with Crippen molar-refractivity contribution in [1.82, 2.24) is 5.32 Å². The van der Waals surface area contributed by atoms with Gasteiger partial charge in [0.15, 0.2) is 0 Å². The first-order valence-corrected chi connectivity index (χ1v) is 32.3. The maximum Gasteiger partial charge on any atom is 0.305 e. The largest absolute Gasteiger partial charge is 0.466 e. The Kier molecular flexibility index (Phi) is 60.0. The number of carbonyl (C=O) groups excluding carboxylic acids is 2. The van der Waals surface area contributed by atoms with Crippen molar-refractivity contribution in [3.8, 4) is 0 Å². The van der Waals surface area contributed by atoms with E-state index in [1.54, 1.807) is 6.08 Å². The third kappa shape index (κ3) is 57.4. The smallest absolute Gasteiger partial charge is 0.305 e. The average molecular weight is 1010 g/mol. The summed E-state index contributed by atoms with van der Waals surface area (Å²) in [6.07, 6.45) is 77.5. The van der Waals surface area contributed by atoms with Gasteiger partial charge < -0.3 is 20.3 Å². The highest BCUT2D eigenvalue weighted by Crippen LogP contribution is 2.18. The minimum atomic E-state index is -0.857. The van der Waals surface area contributed by atoms with Crippen LogP contribution in [0.1, 0.15) is 348 Å². The van der Waals surface area contributed by atoms with Crippen molar-refractivity contribution in [1.29, 1.82) is 0 Å². The monoisotopic (exact) mass is 1010 g/mol. The second-order valence-corrected chi connectivity index (χ2v) is 22.1. The van der Waals surface area contributed by atoms with Gasteiger partial charge in [0.25, 0.3) is 0 Å². The molecular formula is C66H125NO5. The molecule has 0 heterocycles. The van der Waals surface area contributed by atoms with E-state index in [9.17, 15) is 19.8 Å². The van der Waals surface area contributed by atoms with Gasteiger partial charge >= 0.3 is 5.97 Å². The standard InChI is InChI=1S/C66H125NO5/c1-3-5-7-9-11-13-15-17-19-21-23-24-25-26-27-29-30-32-34-38-42-46-50-54-58-64(69)63(62-68)67-65(70)59-55-51-47-43-39-36-37-41-45-49-53-57-61-72-66(71)60-56-52-48-44-40-35-33-31-28-22-20-18-16-14-12-10-8-6-4-2/h12,14,18,20,54,58,63-64,68-69H,3-11,13,15-17,19,21-53,55-57,59-62H2,1-2H3,(H,67,70)/b14-12-,20-18-,58-54+. The third-order valence-electron chi connectivity index (χ3n) is 14.9. The predicted octanol–water partition coefficient (Wildman–Crippen LogP) is 20.4. The molecule has 0 spiro atoms. The number of hydrogen-bond acceptors (Lipinski definition) is 5. The molecule has 0 bridgehead atoms. The Morgan fingerprint density at radius 1 is 0.389 bits per heavy atom. The molecule has 2 atom stereocenters. The molecule has 0 rings (SSSR count). The molecule has 424 valence electrons. The third-order valence-corrected chi connectivity index (χ3v) is 14.9. The van der Waals surface area contributed by atoms with E-state index in [1.807, 2.05) is 6.08 Å². The van der Waals surface area contributed by atoms with Gasteiger partial charge in [-0.15, -0.1) is 0 Å². The fraction of sp³-hybridized carbons (Fsp3) is 0.879. The lowest BCUT2D eigenvalue weighted by molar-refractivity contribution is -0.143. The number of hydrogen-bond donors (Lipinski definition) is 3. The lowest BCUT2D eigenvalue weighted by Crippen LogP contribution is -2.45. The summed E-state index contributed by atoms with van der Waals surface area (Å²) in [7, 11) is 0. The van der Waals surface area contributed by atoms with Gasteiger partial charge in [0.05, 0.1) is 25.4 Å². The van der Waals surface area contributed by atoms with Crippen LogP contribution < -0.4 is 5.32 Å². The Balaban J connectivity index is 3.47. The molecule has 0 fully saturated rings. The molecule has 0 saturated heterocycles. The van der Waals surface area contributed by atoms with Crippen molar-refractivity contribution < 1.29 is 24.5 Å². The molecule has 1 amide bonds. The average Bonchev–Trinajstić information content (AvgIpc) is 3.38. The van der Waals surface area contributed by atoms with Crippen LogP contribution in [-0.4, -0.2) is 47.4 Å². The summed E-state index contributed by atoms with van der Waals surface area (Å²) in [6, 6.07) is -0.642. The van der Waals surface area contributed by atoms with Crippen LogP contribution in [-0.2, 0) is 14.3 Å². The van der Waals surface area contributed by atoms with Gasteiger partial charge in [0.2, 0.25) is 5.91 Å². The molecule has 72 heavy (non-hydrogen) atoms. The number of carbonyl (C=O) groups is 2. The van der Waals surface area contributed by atoms with E-state index in [-0.39, 0.29) is 18.5 Å². The van der Waals surface area contributed by atoms with E-state index in [1.165, 1.54) is 257 Å². The first kappa shape index (κ1) is 70.1. The molecular weight excluding hydrogens is 887 g/mol. The topological polar surface area (TPSA) is 95.9 Å². The molecule has 0 aromatic heterocycles. The number of aliphatic hydroxyl groups is 2. The molecule has 3 N–H and O–H groups in total. The van der Waals surface area contributed by atoms with Gasteiger partial charge in [-0.05, 0) is 64.2 Å². The number of ether oxygens (including phenoxy) is 1. The Labute approximate surface area is 449 Å². The van der Waals surface area contributed by atoms with Crippen molar-refractivity contribution in [3.05, 3.63) is 36.5 Å². The Morgan fingerprint density at radius 3 is 1.08 bits per heavy atom. The summed E-state index contributed by atoms with van der Waals surface area (Å²) < 4.78 is 5.49. The fourth-order valence-corrected chi connectivity index (χ4v) is 9.96. The summed E-state index contributed by atoms with van der Waals surface area (Å²) in [5, 5.41) is 23.2. The summed E-state index contributed by atoms with van der Waals surface area (Å²) in [5.41, 5.74) is 0. The maximum atomic E-state index is 12.5. The van der Waals surface area contributed by atoms with Crippen LogP contribution in [0.3, 0.4) is 0 Å². The zero-order valence-electron chi connectivity index (χ0n) is 48.4. The summed E-state index contributed by atoms with van der Waals surface area (Å²) >= 11 is 0. The van der Waals surface area contributed by atoms with Crippen LogP contribution in [0.25, 0.3) is 0 Å². The summed E-state index contributed by atoms with van der Waals surface area (Å²) in [6.45, 7) is 4.87. The lowest BCUT2D eigenvalue weighted by Gasteiger charge is -2.20. The predicted molar refractivity (Wildman–Crippen MR) is 315 cm³/mol. The SMILES string of the molecule is CCCCC/C=C\C/C=C\CCCCCCCCCCCC(=O)OCCCCCCCCCCCCCCC(=O)NC(CO)C(O)/C=C/CCCCCCCCCCCCCCCCCCCCCCCC. The summed E-state index contributed by atoms with van der Waals surface area (Å²) in [5.74, 6) is -0.0943. The highest BCUT2D eigenvalue weighted by Gasteiger charge is 2.18. The van der Waals surface area contributed by atoms with Gasteiger partial charge in [-0.2, -0.15) is 0 Å². The van der Waals surface area contributed by atoms with Crippen LogP contribution in [0.4, 0.5) is 0 Å². The highest BCUT2D eigenvalue weighted by molar-refractivity contribution is 5.76. The van der Waals surface area contributed by atoms with E-state index in [0.29, 0.717) is 19.4 Å². The van der Waals surface area contributed by atoms with Crippen LogP contribution >= 0.6 is 0 Å². The van der Waals surface area contributed by atoms with E-state index < -0.39 is 12.1 Å². The normalized spacial score (nSPS) is 12.8. The number of nitrogens with one attached hydrogen (secondary N) is 1. The van der Waals surface area contributed by atoms with Gasteiger partial charge in [-0.3, -0.25) is 9.59 Å². The van der Waals surface area contributed by atoms with Crippen molar-refractivity contribution in [3.63, 3.8) is 0 Å². The second-order valence-electron chi connectivity index (χ2n) is 22.1. The molecule has 0 saturated carbocycles. The van der Waals surface area contributed by atoms with E-state index in [0.717, 1.165) is 64.2 Å². The molecule has 6 heteroatoms. The number of esters is 1. The fourth-order valence-electron chi connectivity index (χ4n) is 9.96. The van der Waals surface area contributed by atoms with Crippen LogP contribution in [0.2, 0.25) is 0 Å². The van der Waals surface area contributed by atoms with Gasteiger partial charge in [0, 0.05) is 12.8 Å². The highest BCUT2D eigenvalue weighted by atomic mass is 16.5. The van der Waals surface area contributed by atoms with Gasteiger partial charge in [0.1, 0.15) is 0 Å². The van der Waals surface area contributed by atoms with Crippen molar-refractivity contribution in [2.24, 2.45) is 0 Å². The second kappa shape index (κ2) is 61.6. The summed E-state index contributed by atoms with van der Waals surface area (Å²) in [4.78, 5) is 24.6. The van der Waals surface area contributed by atoms with Crippen LogP contribution in [0.15, 0.2) is 36.5 Å². The molecule has 0 aliphatic rings. The van der Waals surface area contributed by atoms with Crippen LogP contribution in [0, 0.1) is 0 Å². The number of amides is 1. The zero-order chi connectivity index (χ0) is 52.2. The van der Waals surface area contributed by atoms with Crippen molar-refractivity contribution in [2.45, 2.75) is 360 Å². The number of rotatable bonds is 60. The van der Waals surface area contributed by atoms with E-state index in [2.05, 4.69) is 43.5 Å². The van der Waals surface area contributed by atoms with E-state index >= 15 is 0 Å². The molecule has 0 radical (unpaired) electrons. The minimum Gasteiger partial charge on any atom is -0.466 e. The molecule has 0 aromatic carbocycles. The Morgan fingerprint density at radius 2 is 0.694 bits per heavy atom. The van der Waals surface area contributed by atoms with Crippen molar-refractivity contribution in [2.75, 3.05) is 13.2 Å². The molecule has 2 unspecified atom stereocenters. The quantitative estimate of drug-likeness (QED) is 0.0320. The van der Waals surface area contributed by atoms with Gasteiger partial charge in [-0.1, -0.05) is 307 Å². The van der Waals surface area contributed by atoms with Gasteiger partial charge in [-0.25, -0.2) is 0 Å². The first-order chi connectivity index (χ1) is 35.5. The minimum absolute atomic E-state index is 0.0138. The molecule has 0 aliphatic carbocycles. The van der Waals surface area contributed by atoms with E-state index in [4.69, 9.17) is 4.74 Å².